The summed E-state index contributed by atoms with van der Waals surface area (Å²) >= 11 is 0. The maximum Gasteiger partial charge on any atom is 0.435 e. The van der Waals surface area contributed by atoms with Crippen LogP contribution in [0.5, 0.6) is 0 Å². The highest BCUT2D eigenvalue weighted by Crippen LogP contribution is 2.32. The second-order valence-electron chi connectivity index (χ2n) is 6.77. The number of aromatic nitrogens is 3. The van der Waals surface area contributed by atoms with Crippen LogP contribution in [-0.2, 0) is 6.18 Å². The van der Waals surface area contributed by atoms with E-state index in [0.29, 0.717) is 11.4 Å². The molecule has 0 aliphatic carbocycles. The Morgan fingerprint density at radius 3 is 2.43 bits per heavy atom. The van der Waals surface area contributed by atoms with Gasteiger partial charge in [0.1, 0.15) is 5.82 Å². The standard InChI is InChI=1S/C20H19F3N6O/c21-20(22,23)18-16(13-29(27-18)15-4-2-1-3-5-15)19(30)26-14-6-7-17(25-12-14)28-10-8-24-9-11-28/h1-7,12-13,24H,8-11H2,(H,26,30). The number of rotatable bonds is 4. The zero-order valence-corrected chi connectivity index (χ0v) is 15.9. The van der Waals surface area contributed by atoms with Crippen molar-refractivity contribution < 1.29 is 18.0 Å². The first-order chi connectivity index (χ1) is 14.4. The predicted molar refractivity (Wildman–Crippen MR) is 106 cm³/mol. The summed E-state index contributed by atoms with van der Waals surface area (Å²) in [5, 5.41) is 9.32. The topological polar surface area (TPSA) is 75.1 Å². The molecular weight excluding hydrogens is 397 g/mol. The van der Waals surface area contributed by atoms with Crippen LogP contribution >= 0.6 is 0 Å². The summed E-state index contributed by atoms with van der Waals surface area (Å²) in [6, 6.07) is 11.7. The second kappa shape index (κ2) is 8.15. The van der Waals surface area contributed by atoms with Crippen molar-refractivity contribution in [1.29, 1.82) is 0 Å². The van der Waals surface area contributed by atoms with Crippen molar-refractivity contribution in [3.05, 3.63) is 66.1 Å². The molecule has 0 saturated carbocycles. The first kappa shape index (κ1) is 19.9. The average molecular weight is 416 g/mol. The molecule has 0 radical (unpaired) electrons. The van der Waals surface area contributed by atoms with Crippen molar-refractivity contribution in [1.82, 2.24) is 20.1 Å². The lowest BCUT2D eigenvalue weighted by molar-refractivity contribution is -0.141. The SMILES string of the molecule is O=C(Nc1ccc(N2CCNCC2)nc1)c1cn(-c2ccccc2)nc1C(F)(F)F. The summed E-state index contributed by atoms with van der Waals surface area (Å²) in [5.41, 5.74) is -1.07. The van der Waals surface area contributed by atoms with Crippen molar-refractivity contribution in [3.8, 4) is 5.69 Å². The van der Waals surface area contributed by atoms with Gasteiger partial charge in [0.15, 0.2) is 5.69 Å². The number of piperazine rings is 1. The van der Waals surface area contributed by atoms with E-state index in [1.165, 1.54) is 6.20 Å². The van der Waals surface area contributed by atoms with E-state index >= 15 is 0 Å². The highest BCUT2D eigenvalue weighted by molar-refractivity contribution is 6.05. The summed E-state index contributed by atoms with van der Waals surface area (Å²) < 4.78 is 41.4. The Kier molecular flexibility index (Phi) is 5.40. The van der Waals surface area contributed by atoms with Gasteiger partial charge in [-0.05, 0) is 24.3 Å². The lowest BCUT2D eigenvalue weighted by Crippen LogP contribution is -2.43. The van der Waals surface area contributed by atoms with Crippen LogP contribution in [0.25, 0.3) is 5.69 Å². The van der Waals surface area contributed by atoms with Gasteiger partial charge in [-0.15, -0.1) is 0 Å². The van der Waals surface area contributed by atoms with Gasteiger partial charge >= 0.3 is 6.18 Å². The number of pyridine rings is 1. The third-order valence-electron chi connectivity index (χ3n) is 4.69. The van der Waals surface area contributed by atoms with Crippen molar-refractivity contribution in [2.24, 2.45) is 0 Å². The molecule has 1 aliphatic heterocycles. The third-order valence-corrected chi connectivity index (χ3v) is 4.69. The van der Waals surface area contributed by atoms with E-state index in [1.54, 1.807) is 42.5 Å². The van der Waals surface area contributed by atoms with Crippen molar-refractivity contribution in [3.63, 3.8) is 0 Å². The molecule has 3 aromatic rings. The second-order valence-corrected chi connectivity index (χ2v) is 6.77. The highest BCUT2D eigenvalue weighted by atomic mass is 19.4. The molecule has 7 nitrogen and oxygen atoms in total. The molecule has 3 heterocycles. The molecular formula is C20H19F3N6O. The van der Waals surface area contributed by atoms with Crippen LogP contribution in [0.1, 0.15) is 16.1 Å². The summed E-state index contributed by atoms with van der Waals surface area (Å²) in [6.07, 6.45) is -2.25. The molecule has 10 heteroatoms. The minimum absolute atomic E-state index is 0.305. The van der Waals surface area contributed by atoms with Crippen LogP contribution in [0, 0.1) is 0 Å². The first-order valence-corrected chi connectivity index (χ1v) is 9.37. The lowest BCUT2D eigenvalue weighted by atomic mass is 10.2. The number of hydrogen-bond acceptors (Lipinski definition) is 5. The summed E-state index contributed by atoms with van der Waals surface area (Å²) in [6.45, 7) is 3.33. The number of amides is 1. The van der Waals surface area contributed by atoms with Crippen LogP contribution in [0.3, 0.4) is 0 Å². The minimum Gasteiger partial charge on any atom is -0.354 e. The van der Waals surface area contributed by atoms with E-state index in [2.05, 4.69) is 25.6 Å². The Morgan fingerprint density at radius 2 is 1.80 bits per heavy atom. The molecule has 1 aromatic carbocycles. The molecule has 1 fully saturated rings. The number of halogens is 3. The molecule has 0 spiro atoms. The Hall–Kier alpha value is -3.40. The van der Waals surface area contributed by atoms with E-state index < -0.39 is 23.3 Å². The average Bonchev–Trinajstić information content (AvgIpc) is 3.22. The fraction of sp³-hybridized carbons (Fsp3) is 0.250. The molecule has 1 saturated heterocycles. The summed E-state index contributed by atoms with van der Waals surface area (Å²) in [5.74, 6) is -0.149. The number of hydrogen-bond donors (Lipinski definition) is 2. The number of anilines is 2. The Morgan fingerprint density at radius 1 is 1.07 bits per heavy atom. The molecule has 0 bridgehead atoms. The molecule has 0 unspecified atom stereocenters. The first-order valence-electron chi connectivity index (χ1n) is 9.37. The maximum absolute atomic E-state index is 13.5. The normalized spacial score (nSPS) is 14.6. The van der Waals surface area contributed by atoms with Gasteiger partial charge < -0.3 is 15.5 Å². The van der Waals surface area contributed by atoms with Crippen molar-refractivity contribution in [2.75, 3.05) is 36.4 Å². The van der Waals surface area contributed by atoms with Crippen molar-refractivity contribution in [2.45, 2.75) is 6.18 Å². The zero-order chi connectivity index (χ0) is 21.1. The lowest BCUT2D eigenvalue weighted by Gasteiger charge is -2.28. The van der Waals surface area contributed by atoms with Crippen LogP contribution in [-0.4, -0.2) is 46.9 Å². The molecule has 2 N–H and O–H groups in total. The number of para-hydroxylation sites is 1. The van der Waals surface area contributed by atoms with Crippen molar-refractivity contribution >= 4 is 17.4 Å². The number of carbonyl (C=O) groups is 1. The zero-order valence-electron chi connectivity index (χ0n) is 15.9. The summed E-state index contributed by atoms with van der Waals surface area (Å²) in [7, 11) is 0. The monoisotopic (exact) mass is 416 g/mol. The van der Waals surface area contributed by atoms with Gasteiger partial charge in [0, 0.05) is 32.4 Å². The number of benzene rings is 1. The number of carbonyl (C=O) groups excluding carboxylic acids is 1. The largest absolute Gasteiger partial charge is 0.435 e. The Bertz CT molecular complexity index is 1010. The fourth-order valence-electron chi connectivity index (χ4n) is 3.20. The molecule has 4 rings (SSSR count). The van der Waals surface area contributed by atoms with Gasteiger partial charge in [-0.1, -0.05) is 18.2 Å². The van der Waals surface area contributed by atoms with E-state index in [1.807, 2.05) is 0 Å². The molecule has 1 amide bonds. The summed E-state index contributed by atoms with van der Waals surface area (Å²) in [4.78, 5) is 19.0. The predicted octanol–water partition coefficient (Wildman–Crippen LogP) is 2.95. The van der Waals surface area contributed by atoms with E-state index in [0.717, 1.165) is 42.9 Å². The van der Waals surface area contributed by atoms with Gasteiger partial charge in [0.05, 0.1) is 23.1 Å². The van der Waals surface area contributed by atoms with Crippen LogP contribution in [0.4, 0.5) is 24.7 Å². The van der Waals surface area contributed by atoms with Gasteiger partial charge in [0.25, 0.3) is 5.91 Å². The highest BCUT2D eigenvalue weighted by Gasteiger charge is 2.39. The molecule has 0 atom stereocenters. The number of nitrogens with one attached hydrogen (secondary N) is 2. The van der Waals surface area contributed by atoms with Gasteiger partial charge in [-0.2, -0.15) is 18.3 Å². The fourth-order valence-corrected chi connectivity index (χ4v) is 3.20. The van der Waals surface area contributed by atoms with Gasteiger partial charge in [-0.25, -0.2) is 9.67 Å². The van der Waals surface area contributed by atoms with Crippen LogP contribution in [0.2, 0.25) is 0 Å². The molecule has 2 aromatic heterocycles. The van der Waals surface area contributed by atoms with Crippen LogP contribution in [0.15, 0.2) is 54.9 Å². The van der Waals surface area contributed by atoms with E-state index in [4.69, 9.17) is 0 Å². The van der Waals surface area contributed by atoms with E-state index in [-0.39, 0.29) is 0 Å². The molecule has 1 aliphatic rings. The number of alkyl halides is 3. The van der Waals surface area contributed by atoms with E-state index in [9.17, 15) is 18.0 Å². The molecule has 30 heavy (non-hydrogen) atoms. The number of nitrogens with zero attached hydrogens (tertiary/aromatic N) is 4. The quantitative estimate of drug-likeness (QED) is 0.684. The maximum atomic E-state index is 13.5. The van der Waals surface area contributed by atoms with Gasteiger partial charge in [0.2, 0.25) is 0 Å². The van der Waals surface area contributed by atoms with Gasteiger partial charge in [-0.3, -0.25) is 4.79 Å². The molecule has 156 valence electrons. The van der Waals surface area contributed by atoms with Crippen LogP contribution < -0.4 is 15.5 Å². The smallest absolute Gasteiger partial charge is 0.354 e. The third kappa shape index (κ3) is 4.28. The minimum atomic E-state index is -4.77. The Balaban J connectivity index is 1.56. The Labute approximate surface area is 170 Å².